The van der Waals surface area contributed by atoms with Crippen molar-refractivity contribution in [3.05, 3.63) is 54.1 Å². The minimum atomic E-state index is -1.90. The first kappa shape index (κ1) is 12.1. The van der Waals surface area contributed by atoms with E-state index in [9.17, 15) is 13.6 Å². The number of amides is 1. The summed E-state index contributed by atoms with van der Waals surface area (Å²) < 4.78 is 24.4. The maximum atomic E-state index is 12.2. The molecule has 2 nitrogen and oxygen atoms in total. The zero-order valence-electron chi connectivity index (χ0n) is 8.76. The molecule has 0 unspecified atom stereocenters. The average molecular weight is 223 g/mol. The van der Waals surface area contributed by atoms with E-state index in [1.54, 1.807) is 30.3 Å². The molecule has 0 atom stereocenters. The van der Waals surface area contributed by atoms with Gasteiger partial charge in [-0.2, -0.15) is 8.78 Å². The van der Waals surface area contributed by atoms with Gasteiger partial charge in [-0.3, -0.25) is 4.79 Å². The highest BCUT2D eigenvalue weighted by Crippen LogP contribution is 2.17. The summed E-state index contributed by atoms with van der Waals surface area (Å²) in [5, 5.41) is 2.47. The lowest BCUT2D eigenvalue weighted by molar-refractivity contribution is -0.112. The van der Waals surface area contributed by atoms with Gasteiger partial charge in [0.1, 0.15) is 0 Å². The summed E-state index contributed by atoms with van der Waals surface area (Å²) in [6.07, 6.45) is -1.90. The molecule has 0 fully saturated rings. The lowest BCUT2D eigenvalue weighted by atomic mass is 10.1. The molecule has 0 radical (unpaired) electrons. The largest absolute Gasteiger partial charge is 0.322 e. The Kier molecular flexibility index (Phi) is 3.94. The topological polar surface area (TPSA) is 29.1 Å². The lowest BCUT2D eigenvalue weighted by Crippen LogP contribution is -2.14. The highest BCUT2D eigenvalue weighted by molar-refractivity contribution is 6.06. The number of nitrogens with one attached hydrogen (secondary N) is 1. The molecule has 0 heterocycles. The van der Waals surface area contributed by atoms with Crippen molar-refractivity contribution in [3.8, 4) is 0 Å². The van der Waals surface area contributed by atoms with Crippen LogP contribution in [0.4, 0.5) is 14.5 Å². The Morgan fingerprint density at radius 2 is 1.81 bits per heavy atom. The number of para-hydroxylation sites is 1. The summed E-state index contributed by atoms with van der Waals surface area (Å²) >= 11 is 0. The molecular weight excluding hydrogens is 212 g/mol. The monoisotopic (exact) mass is 223 g/mol. The van der Waals surface area contributed by atoms with E-state index in [1.165, 1.54) is 0 Å². The fourth-order valence-electron chi connectivity index (χ4n) is 1.01. The Bertz CT molecular complexity index is 434. The van der Waals surface area contributed by atoms with Crippen LogP contribution in [0.5, 0.6) is 0 Å². The first-order valence-electron chi connectivity index (χ1n) is 4.60. The summed E-state index contributed by atoms with van der Waals surface area (Å²) in [5.41, 5.74) is -0.0852. The number of hydrogen-bond acceptors (Lipinski definition) is 1. The molecule has 4 heteroatoms. The summed E-state index contributed by atoms with van der Waals surface area (Å²) in [7, 11) is 0. The van der Waals surface area contributed by atoms with Gasteiger partial charge in [-0.25, -0.2) is 0 Å². The van der Waals surface area contributed by atoms with Crippen LogP contribution < -0.4 is 5.32 Å². The number of carbonyl (C=O) groups excluding carboxylic acids is 1. The van der Waals surface area contributed by atoms with Crippen LogP contribution in [-0.4, -0.2) is 5.91 Å². The molecule has 0 aliphatic rings. The van der Waals surface area contributed by atoms with Gasteiger partial charge in [0.05, 0.1) is 0 Å². The molecule has 1 rings (SSSR count). The smallest absolute Gasteiger partial charge is 0.273 e. The molecule has 0 saturated heterocycles. The van der Waals surface area contributed by atoms with Crippen LogP contribution in [0.2, 0.25) is 0 Å². The number of benzene rings is 1. The second-order valence-corrected chi connectivity index (χ2v) is 3.18. The van der Waals surface area contributed by atoms with Gasteiger partial charge in [-0.15, -0.1) is 0 Å². The third kappa shape index (κ3) is 3.02. The van der Waals surface area contributed by atoms with Gasteiger partial charge in [0.15, 0.2) is 0 Å². The third-order valence-corrected chi connectivity index (χ3v) is 2.04. The van der Waals surface area contributed by atoms with E-state index in [1.807, 2.05) is 0 Å². The van der Waals surface area contributed by atoms with Gasteiger partial charge in [-0.05, 0) is 19.1 Å². The standard InChI is InChI=1S/C12H11F2NO/c1-8(11(13)14)9(2)12(16)15-10-6-4-3-5-7-10/h3-7H,2H2,1H3,(H,15,16). The van der Waals surface area contributed by atoms with E-state index in [0.717, 1.165) is 6.92 Å². The summed E-state index contributed by atoms with van der Waals surface area (Å²) in [6, 6.07) is 8.58. The molecule has 0 spiro atoms. The lowest BCUT2D eigenvalue weighted by Gasteiger charge is -2.06. The van der Waals surface area contributed by atoms with Crippen LogP contribution in [0.3, 0.4) is 0 Å². The molecule has 0 aliphatic heterocycles. The summed E-state index contributed by atoms with van der Waals surface area (Å²) in [6.45, 7) is 4.48. The second-order valence-electron chi connectivity index (χ2n) is 3.18. The molecule has 0 bridgehead atoms. The van der Waals surface area contributed by atoms with Crippen LogP contribution in [0, 0.1) is 0 Å². The molecular formula is C12H11F2NO. The van der Waals surface area contributed by atoms with Gasteiger partial charge in [0, 0.05) is 16.8 Å². The van der Waals surface area contributed by atoms with E-state index < -0.39 is 17.6 Å². The Labute approximate surface area is 92.3 Å². The van der Waals surface area contributed by atoms with Crippen LogP contribution in [0.25, 0.3) is 0 Å². The zero-order valence-corrected chi connectivity index (χ0v) is 8.76. The van der Waals surface area contributed by atoms with Crippen molar-refractivity contribution in [1.82, 2.24) is 0 Å². The Hall–Kier alpha value is -1.97. The van der Waals surface area contributed by atoms with Crippen LogP contribution in [-0.2, 0) is 4.79 Å². The van der Waals surface area contributed by atoms with Gasteiger partial charge in [0.2, 0.25) is 0 Å². The van der Waals surface area contributed by atoms with E-state index >= 15 is 0 Å². The normalized spacial score (nSPS) is 9.44. The van der Waals surface area contributed by atoms with Crippen LogP contribution in [0.1, 0.15) is 6.92 Å². The summed E-state index contributed by atoms with van der Waals surface area (Å²) in [4.78, 5) is 11.5. The van der Waals surface area contributed by atoms with E-state index in [2.05, 4.69) is 11.9 Å². The first-order valence-corrected chi connectivity index (χ1v) is 4.60. The Morgan fingerprint density at radius 1 is 1.25 bits per heavy atom. The number of anilines is 1. The summed E-state index contributed by atoms with van der Waals surface area (Å²) in [5.74, 6) is -0.628. The van der Waals surface area contributed by atoms with Crippen molar-refractivity contribution in [2.24, 2.45) is 0 Å². The van der Waals surface area contributed by atoms with Crippen molar-refractivity contribution in [2.75, 3.05) is 5.32 Å². The molecule has 1 aromatic carbocycles. The SMILES string of the molecule is C=C(C(=O)Nc1ccccc1)C(C)=C(F)F. The molecule has 84 valence electrons. The number of carbonyl (C=O) groups is 1. The Balaban J connectivity index is 2.75. The van der Waals surface area contributed by atoms with E-state index in [4.69, 9.17) is 0 Å². The van der Waals surface area contributed by atoms with Crippen molar-refractivity contribution in [2.45, 2.75) is 6.92 Å². The second kappa shape index (κ2) is 5.21. The first-order chi connectivity index (χ1) is 7.52. The Morgan fingerprint density at radius 3 is 2.31 bits per heavy atom. The predicted molar refractivity (Wildman–Crippen MR) is 59.1 cm³/mol. The average Bonchev–Trinajstić information content (AvgIpc) is 2.28. The fourth-order valence-corrected chi connectivity index (χ4v) is 1.01. The van der Waals surface area contributed by atoms with E-state index in [-0.39, 0.29) is 5.57 Å². The van der Waals surface area contributed by atoms with Gasteiger partial charge in [0.25, 0.3) is 12.0 Å². The highest BCUT2D eigenvalue weighted by atomic mass is 19.3. The quantitative estimate of drug-likeness (QED) is 0.618. The number of rotatable bonds is 3. The molecule has 1 aromatic rings. The van der Waals surface area contributed by atoms with Crippen molar-refractivity contribution < 1.29 is 13.6 Å². The van der Waals surface area contributed by atoms with Gasteiger partial charge < -0.3 is 5.32 Å². The fraction of sp³-hybridized carbons (Fsp3) is 0.0833. The molecule has 0 saturated carbocycles. The zero-order chi connectivity index (χ0) is 12.1. The predicted octanol–water partition coefficient (Wildman–Crippen LogP) is 3.35. The molecule has 16 heavy (non-hydrogen) atoms. The maximum absolute atomic E-state index is 12.2. The van der Waals surface area contributed by atoms with Crippen LogP contribution >= 0.6 is 0 Å². The van der Waals surface area contributed by atoms with Gasteiger partial charge in [-0.1, -0.05) is 24.8 Å². The molecule has 1 amide bonds. The van der Waals surface area contributed by atoms with E-state index in [0.29, 0.717) is 5.69 Å². The van der Waals surface area contributed by atoms with Crippen molar-refractivity contribution >= 4 is 11.6 Å². The molecule has 1 N–H and O–H groups in total. The minimum Gasteiger partial charge on any atom is -0.322 e. The minimum absolute atomic E-state index is 0.233. The molecule has 0 aliphatic carbocycles. The highest BCUT2D eigenvalue weighted by Gasteiger charge is 2.12. The maximum Gasteiger partial charge on any atom is 0.273 e. The van der Waals surface area contributed by atoms with Crippen LogP contribution in [0.15, 0.2) is 54.1 Å². The molecule has 0 aromatic heterocycles. The van der Waals surface area contributed by atoms with Crippen molar-refractivity contribution in [3.63, 3.8) is 0 Å². The third-order valence-electron chi connectivity index (χ3n) is 2.04. The number of halogens is 2. The van der Waals surface area contributed by atoms with Gasteiger partial charge >= 0.3 is 0 Å². The number of hydrogen-bond donors (Lipinski definition) is 1. The van der Waals surface area contributed by atoms with Crippen molar-refractivity contribution in [1.29, 1.82) is 0 Å².